The van der Waals surface area contributed by atoms with Gasteiger partial charge in [0, 0.05) is 19.3 Å². The topological polar surface area (TPSA) is 76.1 Å². The average molecular weight is 309 g/mol. The van der Waals surface area contributed by atoms with E-state index >= 15 is 0 Å². The van der Waals surface area contributed by atoms with Crippen molar-refractivity contribution in [2.75, 3.05) is 31.8 Å². The maximum absolute atomic E-state index is 12.0. The Hall–Kier alpha value is -2.08. The molecular weight excluding hydrogens is 286 g/mol. The number of amides is 1. The molecule has 1 aromatic carbocycles. The number of anilines is 1. The molecule has 0 saturated carbocycles. The molecule has 6 nitrogen and oxygen atoms in total. The average Bonchev–Trinajstić information content (AvgIpc) is 2.49. The van der Waals surface area contributed by atoms with Crippen LogP contribution in [0.25, 0.3) is 0 Å². The standard InChI is InChI=1S/C16H23NO5/c1-3-4-11-22-14-7-5-13(6-8-14)17(10-9-16(19)20)15(18)12-21-2/h5-8H,3-4,9-12H2,1-2H3,(H,19,20). The first kappa shape index (κ1) is 18.0. The fraction of sp³-hybridized carbons (Fsp3) is 0.500. The van der Waals surface area contributed by atoms with Crippen molar-refractivity contribution < 1.29 is 24.2 Å². The monoisotopic (exact) mass is 309 g/mol. The highest BCUT2D eigenvalue weighted by Crippen LogP contribution is 2.20. The van der Waals surface area contributed by atoms with Crippen molar-refractivity contribution in [3.8, 4) is 5.75 Å². The zero-order valence-electron chi connectivity index (χ0n) is 13.1. The Morgan fingerprint density at radius 1 is 1.23 bits per heavy atom. The van der Waals surface area contributed by atoms with E-state index in [1.54, 1.807) is 24.3 Å². The smallest absolute Gasteiger partial charge is 0.305 e. The molecule has 1 amide bonds. The van der Waals surface area contributed by atoms with E-state index in [0.717, 1.165) is 18.6 Å². The van der Waals surface area contributed by atoms with E-state index in [2.05, 4.69) is 6.92 Å². The van der Waals surface area contributed by atoms with E-state index in [9.17, 15) is 9.59 Å². The number of carboxylic acids is 1. The third-order valence-corrected chi connectivity index (χ3v) is 3.03. The first-order chi connectivity index (χ1) is 10.6. The van der Waals surface area contributed by atoms with Crippen LogP contribution in [0.4, 0.5) is 5.69 Å². The molecule has 6 heteroatoms. The van der Waals surface area contributed by atoms with Gasteiger partial charge in [0.05, 0.1) is 13.0 Å². The molecule has 0 heterocycles. The third kappa shape index (κ3) is 6.13. The van der Waals surface area contributed by atoms with Gasteiger partial charge in [-0.3, -0.25) is 9.59 Å². The number of ether oxygens (including phenoxy) is 2. The predicted molar refractivity (Wildman–Crippen MR) is 83.3 cm³/mol. The highest BCUT2D eigenvalue weighted by Gasteiger charge is 2.16. The van der Waals surface area contributed by atoms with Crippen molar-refractivity contribution in [2.45, 2.75) is 26.2 Å². The number of benzene rings is 1. The van der Waals surface area contributed by atoms with Gasteiger partial charge < -0.3 is 19.5 Å². The van der Waals surface area contributed by atoms with Crippen LogP contribution in [-0.4, -0.2) is 43.9 Å². The van der Waals surface area contributed by atoms with Crippen LogP contribution in [0.5, 0.6) is 5.75 Å². The third-order valence-electron chi connectivity index (χ3n) is 3.03. The van der Waals surface area contributed by atoms with E-state index in [1.807, 2.05) is 0 Å². The molecule has 0 fully saturated rings. The summed E-state index contributed by atoms with van der Waals surface area (Å²) in [7, 11) is 1.43. The van der Waals surface area contributed by atoms with Crippen LogP contribution in [0.3, 0.4) is 0 Å². The molecule has 0 bridgehead atoms. The van der Waals surface area contributed by atoms with Crippen molar-refractivity contribution in [2.24, 2.45) is 0 Å². The van der Waals surface area contributed by atoms with Gasteiger partial charge in [-0.15, -0.1) is 0 Å². The Labute approximate surface area is 130 Å². The molecule has 0 unspecified atom stereocenters. The van der Waals surface area contributed by atoms with Crippen molar-refractivity contribution in [1.29, 1.82) is 0 Å². The van der Waals surface area contributed by atoms with Gasteiger partial charge in [0.15, 0.2) is 0 Å². The number of hydrogen-bond acceptors (Lipinski definition) is 4. The summed E-state index contributed by atoms with van der Waals surface area (Å²) < 4.78 is 10.4. The zero-order valence-corrected chi connectivity index (χ0v) is 13.1. The summed E-state index contributed by atoms with van der Waals surface area (Å²) in [5.74, 6) is -0.493. The first-order valence-electron chi connectivity index (χ1n) is 7.32. The number of carboxylic acid groups (broad SMARTS) is 1. The second-order valence-corrected chi connectivity index (χ2v) is 4.82. The maximum atomic E-state index is 12.0. The highest BCUT2D eigenvalue weighted by atomic mass is 16.5. The molecule has 1 rings (SSSR count). The molecule has 122 valence electrons. The Bertz CT molecular complexity index is 472. The van der Waals surface area contributed by atoms with Gasteiger partial charge in [-0.25, -0.2) is 0 Å². The summed E-state index contributed by atoms with van der Waals surface area (Å²) in [6.45, 7) is 2.76. The summed E-state index contributed by atoms with van der Waals surface area (Å²) in [5, 5.41) is 8.80. The van der Waals surface area contributed by atoms with Crippen LogP contribution < -0.4 is 9.64 Å². The van der Waals surface area contributed by atoms with Crippen LogP contribution >= 0.6 is 0 Å². The summed E-state index contributed by atoms with van der Waals surface area (Å²) in [5.41, 5.74) is 0.631. The lowest BCUT2D eigenvalue weighted by Gasteiger charge is -2.22. The van der Waals surface area contributed by atoms with Crippen LogP contribution in [0.1, 0.15) is 26.2 Å². The first-order valence-corrected chi connectivity index (χ1v) is 7.32. The molecule has 0 aromatic heterocycles. The highest BCUT2D eigenvalue weighted by molar-refractivity contribution is 5.94. The fourth-order valence-corrected chi connectivity index (χ4v) is 1.86. The van der Waals surface area contributed by atoms with Gasteiger partial charge in [-0.2, -0.15) is 0 Å². The minimum atomic E-state index is -0.949. The molecule has 0 spiro atoms. The molecule has 0 aliphatic heterocycles. The molecule has 1 aromatic rings. The van der Waals surface area contributed by atoms with Crippen molar-refractivity contribution >= 4 is 17.6 Å². The summed E-state index contributed by atoms with van der Waals surface area (Å²) in [4.78, 5) is 24.2. The van der Waals surface area contributed by atoms with Crippen molar-refractivity contribution in [3.63, 3.8) is 0 Å². The molecule has 0 radical (unpaired) electrons. The van der Waals surface area contributed by atoms with E-state index in [1.165, 1.54) is 12.0 Å². The van der Waals surface area contributed by atoms with Gasteiger partial charge >= 0.3 is 5.97 Å². The van der Waals surface area contributed by atoms with Crippen LogP contribution in [0.2, 0.25) is 0 Å². The Morgan fingerprint density at radius 3 is 2.45 bits per heavy atom. The second-order valence-electron chi connectivity index (χ2n) is 4.82. The Kier molecular flexibility index (Phi) is 7.99. The van der Waals surface area contributed by atoms with Gasteiger partial charge in [-0.05, 0) is 30.7 Å². The maximum Gasteiger partial charge on any atom is 0.305 e. The number of unbranched alkanes of at least 4 members (excludes halogenated alkanes) is 1. The van der Waals surface area contributed by atoms with Crippen molar-refractivity contribution in [3.05, 3.63) is 24.3 Å². The Morgan fingerprint density at radius 2 is 1.91 bits per heavy atom. The summed E-state index contributed by atoms with van der Waals surface area (Å²) in [6.07, 6.45) is 1.93. The quantitative estimate of drug-likeness (QED) is 0.671. The van der Waals surface area contributed by atoms with E-state index in [-0.39, 0.29) is 25.5 Å². The molecule has 0 atom stereocenters. The Balaban J connectivity index is 2.75. The number of hydrogen-bond donors (Lipinski definition) is 1. The number of rotatable bonds is 10. The van der Waals surface area contributed by atoms with Gasteiger partial charge in [-0.1, -0.05) is 13.3 Å². The van der Waals surface area contributed by atoms with Crippen LogP contribution in [0.15, 0.2) is 24.3 Å². The van der Waals surface area contributed by atoms with Gasteiger partial charge in [0.1, 0.15) is 12.4 Å². The van der Waals surface area contributed by atoms with Gasteiger partial charge in [0.25, 0.3) is 5.91 Å². The van der Waals surface area contributed by atoms with E-state index in [0.29, 0.717) is 12.3 Å². The minimum Gasteiger partial charge on any atom is -0.494 e. The molecule has 0 aliphatic rings. The summed E-state index contributed by atoms with van der Waals surface area (Å²) in [6, 6.07) is 7.05. The van der Waals surface area contributed by atoms with Crippen LogP contribution in [-0.2, 0) is 14.3 Å². The fourth-order valence-electron chi connectivity index (χ4n) is 1.86. The lowest BCUT2D eigenvalue weighted by Crippen LogP contribution is -2.35. The second kappa shape index (κ2) is 9.78. The summed E-state index contributed by atoms with van der Waals surface area (Å²) >= 11 is 0. The minimum absolute atomic E-state index is 0.0889. The zero-order chi connectivity index (χ0) is 16.4. The number of carbonyl (C=O) groups excluding carboxylic acids is 1. The molecule has 22 heavy (non-hydrogen) atoms. The molecular formula is C16H23NO5. The van der Waals surface area contributed by atoms with Crippen LogP contribution in [0, 0.1) is 0 Å². The molecule has 0 saturated heterocycles. The SMILES string of the molecule is CCCCOc1ccc(N(CCC(=O)O)C(=O)COC)cc1. The largest absolute Gasteiger partial charge is 0.494 e. The lowest BCUT2D eigenvalue weighted by molar-refractivity contribution is -0.136. The number of carbonyl (C=O) groups is 2. The molecule has 1 N–H and O–H groups in total. The van der Waals surface area contributed by atoms with Crippen molar-refractivity contribution in [1.82, 2.24) is 0 Å². The number of methoxy groups -OCH3 is 1. The number of nitrogens with zero attached hydrogens (tertiary/aromatic N) is 1. The number of aliphatic carboxylic acids is 1. The molecule has 0 aliphatic carbocycles. The van der Waals surface area contributed by atoms with E-state index < -0.39 is 5.97 Å². The van der Waals surface area contributed by atoms with E-state index in [4.69, 9.17) is 14.6 Å². The lowest BCUT2D eigenvalue weighted by atomic mass is 10.2. The normalized spacial score (nSPS) is 10.3. The predicted octanol–water partition coefficient (Wildman–Crippen LogP) is 2.32. The van der Waals surface area contributed by atoms with Gasteiger partial charge in [0.2, 0.25) is 0 Å².